The van der Waals surface area contributed by atoms with Crippen LogP contribution in [0.2, 0.25) is 5.02 Å². The molecular weight excluding hydrogens is 314 g/mol. The molecule has 3 aromatic rings. The molecule has 0 radical (unpaired) electrons. The molecule has 0 bridgehead atoms. The first kappa shape index (κ1) is 16.9. The quantitative estimate of drug-likeness (QED) is 0.697. The number of carboxylic acids is 1. The van der Waals surface area contributed by atoms with Gasteiger partial charge >= 0.3 is 5.97 Å². The molecule has 0 aliphatic rings. The van der Waals surface area contributed by atoms with Crippen LogP contribution in [0.1, 0.15) is 29.9 Å². The first-order valence-electron chi connectivity index (χ1n) is 7.36. The number of nitrogens with one attached hydrogen (secondary N) is 1. The number of para-hydroxylation sites is 1. The lowest BCUT2D eigenvalue weighted by Crippen LogP contribution is -2.04. The average molecular weight is 332 g/mol. The fourth-order valence-corrected chi connectivity index (χ4v) is 2.36. The zero-order valence-electron chi connectivity index (χ0n) is 13.0. The van der Waals surface area contributed by atoms with Gasteiger partial charge in [-0.1, -0.05) is 43.6 Å². The maximum Gasteiger partial charge on any atom is 0.338 e. The van der Waals surface area contributed by atoms with Crippen LogP contribution >= 0.6 is 11.6 Å². The van der Waals surface area contributed by atoms with Crippen molar-refractivity contribution in [3.8, 4) is 5.75 Å². The number of carboxylic acid groups (broad SMARTS) is 1. The van der Waals surface area contributed by atoms with E-state index in [1.807, 2.05) is 32.0 Å². The van der Waals surface area contributed by atoms with Crippen molar-refractivity contribution in [1.29, 1.82) is 0 Å². The molecule has 2 N–H and O–H groups in total. The van der Waals surface area contributed by atoms with Crippen molar-refractivity contribution in [2.24, 2.45) is 0 Å². The van der Waals surface area contributed by atoms with Gasteiger partial charge in [0, 0.05) is 15.9 Å². The third kappa shape index (κ3) is 3.85. The molecule has 0 atom stereocenters. The fraction of sp³-hybridized carbons (Fsp3) is 0.167. The molecule has 120 valence electrons. The SMILES string of the molecule is CC.O=C(O)c1c(COc2ccc(Cl)cc2)[nH]c2ccccc12. The monoisotopic (exact) mass is 331 g/mol. The lowest BCUT2D eigenvalue weighted by atomic mass is 10.1. The number of hydrogen-bond donors (Lipinski definition) is 2. The van der Waals surface area contributed by atoms with Crippen molar-refractivity contribution >= 4 is 28.5 Å². The summed E-state index contributed by atoms with van der Waals surface area (Å²) in [5, 5.41) is 10.7. The van der Waals surface area contributed by atoms with Crippen LogP contribution in [0.3, 0.4) is 0 Å². The molecule has 4 nitrogen and oxygen atoms in total. The zero-order valence-corrected chi connectivity index (χ0v) is 13.7. The van der Waals surface area contributed by atoms with Gasteiger partial charge in [0.25, 0.3) is 0 Å². The first-order chi connectivity index (χ1) is 11.1. The van der Waals surface area contributed by atoms with E-state index in [1.165, 1.54) is 0 Å². The molecule has 0 unspecified atom stereocenters. The Bertz CT molecular complexity index is 794. The predicted molar refractivity (Wildman–Crippen MR) is 92.4 cm³/mol. The van der Waals surface area contributed by atoms with Crippen molar-refractivity contribution in [2.45, 2.75) is 20.5 Å². The third-order valence-electron chi connectivity index (χ3n) is 3.19. The van der Waals surface area contributed by atoms with Gasteiger partial charge in [-0.25, -0.2) is 4.79 Å². The van der Waals surface area contributed by atoms with Gasteiger partial charge in [-0.05, 0) is 30.3 Å². The van der Waals surface area contributed by atoms with Crippen LogP contribution < -0.4 is 4.74 Å². The highest BCUT2D eigenvalue weighted by Gasteiger charge is 2.17. The van der Waals surface area contributed by atoms with Crippen LogP contribution in [-0.2, 0) is 6.61 Å². The highest BCUT2D eigenvalue weighted by Crippen LogP contribution is 2.24. The summed E-state index contributed by atoms with van der Waals surface area (Å²) in [6.45, 7) is 4.15. The van der Waals surface area contributed by atoms with Crippen LogP contribution in [0.25, 0.3) is 10.9 Å². The molecule has 0 saturated carbocycles. The van der Waals surface area contributed by atoms with Crippen molar-refractivity contribution in [1.82, 2.24) is 4.98 Å². The van der Waals surface area contributed by atoms with Gasteiger partial charge in [-0.3, -0.25) is 0 Å². The Hall–Kier alpha value is -2.46. The number of benzene rings is 2. The molecule has 3 rings (SSSR count). The Balaban J connectivity index is 0.000000924. The van der Waals surface area contributed by atoms with E-state index in [0.29, 0.717) is 21.9 Å². The molecule has 0 spiro atoms. The molecule has 0 fully saturated rings. The van der Waals surface area contributed by atoms with Gasteiger partial charge in [0.05, 0.1) is 11.3 Å². The minimum absolute atomic E-state index is 0.151. The number of fused-ring (bicyclic) bond motifs is 1. The Morgan fingerprint density at radius 2 is 1.78 bits per heavy atom. The molecule has 2 aromatic carbocycles. The number of aromatic carboxylic acids is 1. The minimum atomic E-state index is -0.970. The number of aromatic amines is 1. The molecule has 1 aromatic heterocycles. The molecule has 0 aliphatic heterocycles. The number of H-pyrrole nitrogens is 1. The first-order valence-corrected chi connectivity index (χ1v) is 7.74. The van der Waals surface area contributed by atoms with E-state index in [9.17, 15) is 9.90 Å². The fourth-order valence-electron chi connectivity index (χ4n) is 2.24. The van der Waals surface area contributed by atoms with E-state index in [2.05, 4.69) is 4.98 Å². The Labute approximate surface area is 139 Å². The highest BCUT2D eigenvalue weighted by atomic mass is 35.5. The lowest BCUT2D eigenvalue weighted by molar-refractivity contribution is 0.0696. The smallest absolute Gasteiger partial charge is 0.338 e. The number of ether oxygens (including phenoxy) is 1. The summed E-state index contributed by atoms with van der Waals surface area (Å²) in [5.41, 5.74) is 1.57. The van der Waals surface area contributed by atoms with Crippen LogP contribution in [0.4, 0.5) is 0 Å². The Morgan fingerprint density at radius 1 is 1.13 bits per heavy atom. The standard InChI is InChI=1S/C16H12ClNO3.C2H6/c17-10-5-7-11(8-6-10)21-9-14-15(16(19)20)12-3-1-2-4-13(12)18-14;1-2/h1-8,18H,9H2,(H,19,20);1-2H3. The van der Waals surface area contributed by atoms with Gasteiger partial charge in [-0.2, -0.15) is 0 Å². The van der Waals surface area contributed by atoms with Crippen molar-refractivity contribution < 1.29 is 14.6 Å². The van der Waals surface area contributed by atoms with E-state index in [1.54, 1.807) is 30.3 Å². The van der Waals surface area contributed by atoms with Gasteiger partial charge < -0.3 is 14.8 Å². The molecule has 23 heavy (non-hydrogen) atoms. The summed E-state index contributed by atoms with van der Waals surface area (Å²) < 4.78 is 5.61. The zero-order chi connectivity index (χ0) is 16.8. The second kappa shape index (κ2) is 7.70. The molecular formula is C18H18ClNO3. The normalized spacial score (nSPS) is 10.0. The number of rotatable bonds is 4. The largest absolute Gasteiger partial charge is 0.487 e. The molecule has 1 heterocycles. The number of halogens is 1. The van der Waals surface area contributed by atoms with E-state index in [-0.39, 0.29) is 12.2 Å². The van der Waals surface area contributed by atoms with Crippen LogP contribution in [0.15, 0.2) is 48.5 Å². The molecule has 0 aliphatic carbocycles. The van der Waals surface area contributed by atoms with Crippen LogP contribution in [0.5, 0.6) is 5.75 Å². The average Bonchev–Trinajstić information content (AvgIpc) is 2.95. The maximum absolute atomic E-state index is 11.5. The minimum Gasteiger partial charge on any atom is -0.487 e. The van der Waals surface area contributed by atoms with E-state index >= 15 is 0 Å². The Morgan fingerprint density at radius 3 is 2.43 bits per heavy atom. The van der Waals surface area contributed by atoms with Crippen LogP contribution in [-0.4, -0.2) is 16.1 Å². The molecule has 0 amide bonds. The summed E-state index contributed by atoms with van der Waals surface area (Å²) in [6, 6.07) is 14.2. The van der Waals surface area contributed by atoms with E-state index < -0.39 is 5.97 Å². The lowest BCUT2D eigenvalue weighted by Gasteiger charge is -2.06. The van der Waals surface area contributed by atoms with Crippen LogP contribution in [0, 0.1) is 0 Å². The number of hydrogen-bond acceptors (Lipinski definition) is 2. The number of aromatic nitrogens is 1. The summed E-state index contributed by atoms with van der Waals surface area (Å²) in [6.07, 6.45) is 0. The van der Waals surface area contributed by atoms with Gasteiger partial charge in [0.15, 0.2) is 0 Å². The van der Waals surface area contributed by atoms with Gasteiger partial charge in [-0.15, -0.1) is 0 Å². The van der Waals surface area contributed by atoms with Crippen molar-refractivity contribution in [3.63, 3.8) is 0 Å². The van der Waals surface area contributed by atoms with Gasteiger partial charge in [0.2, 0.25) is 0 Å². The summed E-state index contributed by atoms with van der Waals surface area (Å²) in [4.78, 5) is 14.6. The second-order valence-corrected chi connectivity index (χ2v) is 5.01. The summed E-state index contributed by atoms with van der Waals surface area (Å²) >= 11 is 5.81. The number of carbonyl (C=O) groups is 1. The second-order valence-electron chi connectivity index (χ2n) is 4.57. The predicted octanol–water partition coefficient (Wildman–Crippen LogP) is 5.12. The maximum atomic E-state index is 11.5. The van der Waals surface area contributed by atoms with E-state index in [0.717, 1.165) is 5.52 Å². The van der Waals surface area contributed by atoms with Gasteiger partial charge in [0.1, 0.15) is 12.4 Å². The summed E-state index contributed by atoms with van der Waals surface area (Å²) in [7, 11) is 0. The summed E-state index contributed by atoms with van der Waals surface area (Å²) in [5.74, 6) is -0.337. The Kier molecular flexibility index (Phi) is 5.66. The van der Waals surface area contributed by atoms with Crippen molar-refractivity contribution in [2.75, 3.05) is 0 Å². The molecule has 0 saturated heterocycles. The topological polar surface area (TPSA) is 62.3 Å². The van der Waals surface area contributed by atoms with E-state index in [4.69, 9.17) is 16.3 Å². The molecule has 5 heteroatoms. The third-order valence-corrected chi connectivity index (χ3v) is 3.45. The van der Waals surface area contributed by atoms with Crippen molar-refractivity contribution in [3.05, 3.63) is 64.8 Å². The highest BCUT2D eigenvalue weighted by molar-refractivity contribution is 6.30.